The smallest absolute Gasteiger partial charge is 0.178 e. The van der Waals surface area contributed by atoms with Crippen molar-refractivity contribution in [3.8, 4) is 5.75 Å². The molecule has 0 radical (unpaired) electrons. The number of likely N-dealkylation sites (N-methyl/N-ethyl adjacent to an activating group) is 1. The van der Waals surface area contributed by atoms with E-state index in [0.717, 1.165) is 43.0 Å². The minimum Gasteiger partial charge on any atom is -0.494 e. The van der Waals surface area contributed by atoms with Crippen molar-refractivity contribution in [2.24, 2.45) is 0 Å². The highest BCUT2D eigenvalue weighted by molar-refractivity contribution is 7.71. The van der Waals surface area contributed by atoms with E-state index in [1.165, 1.54) is 0 Å². The number of morpholine rings is 1. The number of para-hydroxylation sites is 1. The Labute approximate surface area is 123 Å². The Morgan fingerprint density at radius 1 is 1.50 bits per heavy atom. The Kier molecular flexibility index (Phi) is 3.78. The standard InChI is InChI=1S/C14H19N3O2S/c1-16-6-7-19-10(8-16)9-17-11-4-3-5-12(18-2)13(11)15-14(17)20/h3-5,10H,6-9H2,1-2H3,(H,15,20). The van der Waals surface area contributed by atoms with Crippen molar-refractivity contribution in [2.45, 2.75) is 12.6 Å². The second-order valence-corrected chi connectivity index (χ2v) is 5.54. The lowest BCUT2D eigenvalue weighted by Gasteiger charge is -2.30. The number of aromatic nitrogens is 2. The van der Waals surface area contributed by atoms with E-state index in [-0.39, 0.29) is 6.10 Å². The van der Waals surface area contributed by atoms with Gasteiger partial charge in [0.25, 0.3) is 0 Å². The predicted molar refractivity (Wildman–Crippen MR) is 80.9 cm³/mol. The Bertz CT molecular complexity index is 664. The van der Waals surface area contributed by atoms with Gasteiger partial charge >= 0.3 is 0 Å². The van der Waals surface area contributed by atoms with Crippen LogP contribution in [0.3, 0.4) is 0 Å². The molecular formula is C14H19N3O2S. The normalized spacial score (nSPS) is 20.4. The number of hydrogen-bond acceptors (Lipinski definition) is 4. The summed E-state index contributed by atoms with van der Waals surface area (Å²) in [6, 6.07) is 5.97. The second-order valence-electron chi connectivity index (χ2n) is 5.15. The highest BCUT2D eigenvalue weighted by Crippen LogP contribution is 2.25. The molecule has 0 amide bonds. The summed E-state index contributed by atoms with van der Waals surface area (Å²) in [7, 11) is 3.79. The molecule has 3 rings (SSSR count). The summed E-state index contributed by atoms with van der Waals surface area (Å²) in [6.45, 7) is 3.46. The van der Waals surface area contributed by atoms with Crippen LogP contribution in [-0.4, -0.2) is 54.4 Å². The van der Waals surface area contributed by atoms with Crippen molar-refractivity contribution in [3.05, 3.63) is 23.0 Å². The molecule has 0 bridgehead atoms. The Morgan fingerprint density at radius 3 is 3.10 bits per heavy atom. The lowest BCUT2D eigenvalue weighted by Crippen LogP contribution is -2.41. The van der Waals surface area contributed by atoms with Crippen molar-refractivity contribution in [2.75, 3.05) is 33.9 Å². The van der Waals surface area contributed by atoms with Gasteiger partial charge in [0, 0.05) is 13.1 Å². The fourth-order valence-corrected chi connectivity index (χ4v) is 2.96. The fourth-order valence-electron chi connectivity index (χ4n) is 2.69. The number of nitrogens with zero attached hydrogens (tertiary/aromatic N) is 2. The predicted octanol–water partition coefficient (Wildman–Crippen LogP) is 2.04. The van der Waals surface area contributed by atoms with Gasteiger partial charge in [0.2, 0.25) is 0 Å². The zero-order valence-corrected chi connectivity index (χ0v) is 12.6. The first-order chi connectivity index (χ1) is 9.69. The maximum Gasteiger partial charge on any atom is 0.178 e. The molecule has 0 aliphatic carbocycles. The fraction of sp³-hybridized carbons (Fsp3) is 0.500. The zero-order chi connectivity index (χ0) is 14.1. The average molecular weight is 293 g/mol. The Balaban J connectivity index is 1.95. The van der Waals surface area contributed by atoms with Crippen LogP contribution in [0.4, 0.5) is 0 Å². The van der Waals surface area contributed by atoms with Crippen LogP contribution in [0.5, 0.6) is 5.75 Å². The molecule has 1 N–H and O–H groups in total. The lowest BCUT2D eigenvalue weighted by atomic mass is 10.2. The first-order valence-corrected chi connectivity index (χ1v) is 7.15. The van der Waals surface area contributed by atoms with Gasteiger partial charge < -0.3 is 23.9 Å². The molecular weight excluding hydrogens is 274 g/mol. The van der Waals surface area contributed by atoms with E-state index in [9.17, 15) is 0 Å². The molecule has 1 aromatic carbocycles. The average Bonchev–Trinajstić information content (AvgIpc) is 2.75. The maximum atomic E-state index is 5.83. The molecule has 1 fully saturated rings. The first kappa shape index (κ1) is 13.6. The number of rotatable bonds is 3. The van der Waals surface area contributed by atoms with Crippen molar-refractivity contribution in [3.63, 3.8) is 0 Å². The number of methoxy groups -OCH3 is 1. The van der Waals surface area contributed by atoms with Gasteiger partial charge in [-0.05, 0) is 31.4 Å². The molecule has 108 valence electrons. The van der Waals surface area contributed by atoms with Gasteiger partial charge in [0.15, 0.2) is 4.77 Å². The van der Waals surface area contributed by atoms with E-state index >= 15 is 0 Å². The monoisotopic (exact) mass is 293 g/mol. The van der Waals surface area contributed by atoms with Crippen LogP contribution < -0.4 is 4.74 Å². The molecule has 5 nitrogen and oxygen atoms in total. The van der Waals surface area contributed by atoms with Gasteiger partial charge in [-0.3, -0.25) is 0 Å². The quantitative estimate of drug-likeness (QED) is 0.880. The van der Waals surface area contributed by atoms with Crippen molar-refractivity contribution < 1.29 is 9.47 Å². The highest BCUT2D eigenvalue weighted by Gasteiger charge is 2.20. The maximum absolute atomic E-state index is 5.83. The summed E-state index contributed by atoms with van der Waals surface area (Å²) in [5, 5.41) is 0. The summed E-state index contributed by atoms with van der Waals surface area (Å²) in [4.78, 5) is 5.52. The Hall–Kier alpha value is -1.37. The SMILES string of the molecule is COc1cccc2c1[nH]c(=S)n2CC1CN(C)CCO1. The van der Waals surface area contributed by atoms with Crippen LogP contribution >= 0.6 is 12.2 Å². The van der Waals surface area contributed by atoms with Gasteiger partial charge in [0.05, 0.1) is 31.9 Å². The number of aromatic amines is 1. The van der Waals surface area contributed by atoms with Crippen LogP contribution in [-0.2, 0) is 11.3 Å². The van der Waals surface area contributed by atoms with Gasteiger partial charge in [0.1, 0.15) is 11.3 Å². The van der Waals surface area contributed by atoms with E-state index in [4.69, 9.17) is 21.7 Å². The summed E-state index contributed by atoms with van der Waals surface area (Å²) in [5.41, 5.74) is 2.01. The zero-order valence-electron chi connectivity index (χ0n) is 11.8. The molecule has 1 aromatic heterocycles. The number of ether oxygens (including phenoxy) is 2. The van der Waals surface area contributed by atoms with Crippen LogP contribution in [0, 0.1) is 4.77 Å². The second kappa shape index (κ2) is 5.55. The number of hydrogen-bond donors (Lipinski definition) is 1. The molecule has 0 spiro atoms. The van der Waals surface area contributed by atoms with Crippen molar-refractivity contribution in [1.29, 1.82) is 0 Å². The van der Waals surface area contributed by atoms with Crippen LogP contribution in [0.2, 0.25) is 0 Å². The molecule has 6 heteroatoms. The first-order valence-electron chi connectivity index (χ1n) is 6.74. The van der Waals surface area contributed by atoms with Gasteiger partial charge in [-0.15, -0.1) is 0 Å². The van der Waals surface area contributed by atoms with Crippen molar-refractivity contribution >= 4 is 23.3 Å². The number of imidazole rings is 1. The molecule has 2 heterocycles. The minimum atomic E-state index is 0.172. The number of H-pyrrole nitrogens is 1. The topological polar surface area (TPSA) is 42.4 Å². The number of nitrogens with one attached hydrogen (secondary N) is 1. The van der Waals surface area contributed by atoms with Crippen LogP contribution in [0.25, 0.3) is 11.0 Å². The summed E-state index contributed by atoms with van der Waals surface area (Å²) >= 11 is 5.44. The Morgan fingerprint density at radius 2 is 2.35 bits per heavy atom. The van der Waals surface area contributed by atoms with Gasteiger partial charge in [-0.25, -0.2) is 0 Å². The van der Waals surface area contributed by atoms with E-state index in [1.54, 1.807) is 7.11 Å². The third-order valence-corrected chi connectivity index (χ3v) is 4.04. The molecule has 1 unspecified atom stereocenters. The van der Waals surface area contributed by atoms with Gasteiger partial charge in [-0.2, -0.15) is 0 Å². The van der Waals surface area contributed by atoms with E-state index < -0.39 is 0 Å². The van der Waals surface area contributed by atoms with E-state index in [0.29, 0.717) is 4.77 Å². The third-order valence-electron chi connectivity index (χ3n) is 3.72. The molecule has 20 heavy (non-hydrogen) atoms. The molecule has 0 saturated carbocycles. The molecule has 1 aliphatic rings. The highest BCUT2D eigenvalue weighted by atomic mass is 32.1. The summed E-state index contributed by atoms with van der Waals surface area (Å²) in [6.07, 6.45) is 0.172. The van der Waals surface area contributed by atoms with E-state index in [1.807, 2.05) is 12.1 Å². The molecule has 1 atom stereocenters. The molecule has 1 saturated heterocycles. The number of fused-ring (bicyclic) bond motifs is 1. The molecule has 1 aliphatic heterocycles. The minimum absolute atomic E-state index is 0.172. The summed E-state index contributed by atoms with van der Waals surface area (Å²) < 4.78 is 14.0. The van der Waals surface area contributed by atoms with Gasteiger partial charge in [-0.1, -0.05) is 6.07 Å². The lowest BCUT2D eigenvalue weighted by molar-refractivity contribution is -0.0271. The molecule has 2 aromatic rings. The largest absolute Gasteiger partial charge is 0.494 e. The third kappa shape index (κ3) is 2.46. The van der Waals surface area contributed by atoms with Crippen LogP contribution in [0.1, 0.15) is 0 Å². The summed E-state index contributed by atoms with van der Waals surface area (Å²) in [5.74, 6) is 0.814. The van der Waals surface area contributed by atoms with E-state index in [2.05, 4.69) is 27.6 Å². The van der Waals surface area contributed by atoms with Crippen LogP contribution in [0.15, 0.2) is 18.2 Å². The van der Waals surface area contributed by atoms with Crippen molar-refractivity contribution in [1.82, 2.24) is 14.5 Å². The number of benzene rings is 1.